The fraction of sp³-hybridized carbons (Fsp3) is 0.684. The molecule has 0 amide bonds. The van der Waals surface area contributed by atoms with Crippen molar-refractivity contribution in [3.05, 3.63) is 34.9 Å². The Hall–Kier alpha value is -0.820. The Morgan fingerprint density at radius 2 is 1.75 bits per heavy atom. The van der Waals surface area contributed by atoms with E-state index in [9.17, 15) is 0 Å². The van der Waals surface area contributed by atoms with Gasteiger partial charge in [0.15, 0.2) is 0 Å². The van der Waals surface area contributed by atoms with Crippen LogP contribution in [0.4, 0.5) is 0 Å². The third kappa shape index (κ3) is 4.94. The van der Waals surface area contributed by atoms with Crippen LogP contribution in [0.15, 0.2) is 18.2 Å². The summed E-state index contributed by atoms with van der Waals surface area (Å²) < 4.78 is 0. The molecule has 0 radical (unpaired) electrons. The molecule has 0 saturated heterocycles. The summed E-state index contributed by atoms with van der Waals surface area (Å²) in [5, 5.41) is 3.78. The largest absolute Gasteiger partial charge is 0.314 e. The summed E-state index contributed by atoms with van der Waals surface area (Å²) >= 11 is 0. The lowest BCUT2D eigenvalue weighted by Gasteiger charge is -2.22. The average Bonchev–Trinajstić information content (AvgIpc) is 2.87. The Balaban J connectivity index is 1.97. The summed E-state index contributed by atoms with van der Waals surface area (Å²) in [7, 11) is 0. The molecule has 1 nitrogen and oxygen atoms in total. The molecule has 1 aromatic rings. The van der Waals surface area contributed by atoms with E-state index in [0.717, 1.165) is 12.5 Å². The van der Waals surface area contributed by atoms with Crippen LogP contribution in [0.5, 0.6) is 0 Å². The first-order chi connectivity index (χ1) is 9.67. The van der Waals surface area contributed by atoms with Crippen LogP contribution in [0.1, 0.15) is 62.1 Å². The van der Waals surface area contributed by atoms with Gasteiger partial charge in [0.05, 0.1) is 0 Å². The Labute approximate surface area is 125 Å². The second-order valence-electron chi connectivity index (χ2n) is 6.74. The first-order valence-electron chi connectivity index (χ1n) is 8.48. The summed E-state index contributed by atoms with van der Waals surface area (Å²) in [5.41, 5.74) is 4.30. The second kappa shape index (κ2) is 7.83. The number of rotatable bonds is 7. The standard InChI is InChI=1S/C19H31N/c1-4-9-20-19(13-17-7-5-6-8-17)14-18-11-15(2)10-16(3)12-18/h10-12,17,19-20H,4-9,13-14H2,1-3H3. The van der Waals surface area contributed by atoms with E-state index in [-0.39, 0.29) is 0 Å². The molecule has 0 bridgehead atoms. The molecule has 1 fully saturated rings. The zero-order chi connectivity index (χ0) is 14.4. The highest BCUT2D eigenvalue weighted by Gasteiger charge is 2.20. The van der Waals surface area contributed by atoms with Gasteiger partial charge in [-0.1, -0.05) is 61.9 Å². The van der Waals surface area contributed by atoms with Gasteiger partial charge in [-0.15, -0.1) is 0 Å². The van der Waals surface area contributed by atoms with Gasteiger partial charge < -0.3 is 5.32 Å². The lowest BCUT2D eigenvalue weighted by Crippen LogP contribution is -2.33. The number of hydrogen-bond acceptors (Lipinski definition) is 1. The topological polar surface area (TPSA) is 12.0 Å². The van der Waals surface area contributed by atoms with E-state index < -0.39 is 0 Å². The number of hydrogen-bond donors (Lipinski definition) is 1. The van der Waals surface area contributed by atoms with Gasteiger partial charge in [0.2, 0.25) is 0 Å². The van der Waals surface area contributed by atoms with Crippen LogP contribution in [0, 0.1) is 19.8 Å². The Bertz CT molecular complexity index is 384. The molecule has 0 aliphatic heterocycles. The van der Waals surface area contributed by atoms with Gasteiger partial charge in [0.1, 0.15) is 0 Å². The Morgan fingerprint density at radius 1 is 1.10 bits per heavy atom. The van der Waals surface area contributed by atoms with Crippen molar-refractivity contribution < 1.29 is 0 Å². The van der Waals surface area contributed by atoms with Gasteiger partial charge in [-0.05, 0) is 51.1 Å². The number of aryl methyl sites for hydroxylation is 2. The van der Waals surface area contributed by atoms with E-state index in [1.54, 1.807) is 0 Å². The molecule has 1 unspecified atom stereocenters. The molecule has 0 aromatic heterocycles. The highest BCUT2D eigenvalue weighted by atomic mass is 14.9. The lowest BCUT2D eigenvalue weighted by atomic mass is 9.93. The maximum absolute atomic E-state index is 3.78. The molecule has 1 aliphatic carbocycles. The lowest BCUT2D eigenvalue weighted by molar-refractivity contribution is 0.385. The van der Waals surface area contributed by atoms with Crippen molar-refractivity contribution in [3.8, 4) is 0 Å². The summed E-state index contributed by atoms with van der Waals surface area (Å²) in [6, 6.07) is 7.67. The highest BCUT2D eigenvalue weighted by molar-refractivity contribution is 5.29. The fourth-order valence-corrected chi connectivity index (χ4v) is 3.71. The van der Waals surface area contributed by atoms with Crippen LogP contribution in [-0.2, 0) is 6.42 Å². The monoisotopic (exact) mass is 273 g/mol. The number of nitrogens with one attached hydrogen (secondary N) is 1. The Kier molecular flexibility index (Phi) is 6.09. The molecule has 1 saturated carbocycles. The van der Waals surface area contributed by atoms with Crippen LogP contribution in [0.25, 0.3) is 0 Å². The molecule has 1 aliphatic rings. The van der Waals surface area contributed by atoms with Gasteiger partial charge >= 0.3 is 0 Å². The Morgan fingerprint density at radius 3 is 2.35 bits per heavy atom. The van der Waals surface area contributed by atoms with Crippen molar-refractivity contribution in [1.29, 1.82) is 0 Å². The molecule has 1 N–H and O–H groups in total. The minimum atomic E-state index is 0.666. The van der Waals surface area contributed by atoms with Crippen molar-refractivity contribution in [1.82, 2.24) is 5.32 Å². The molecule has 2 rings (SSSR count). The van der Waals surface area contributed by atoms with E-state index in [2.05, 4.69) is 44.3 Å². The SMILES string of the molecule is CCCNC(Cc1cc(C)cc(C)c1)CC1CCCC1. The predicted octanol–water partition coefficient (Wildman–Crippen LogP) is 4.79. The molecular weight excluding hydrogens is 242 g/mol. The van der Waals surface area contributed by atoms with Crippen LogP contribution in [0.3, 0.4) is 0 Å². The first-order valence-corrected chi connectivity index (χ1v) is 8.48. The van der Waals surface area contributed by atoms with E-state index in [4.69, 9.17) is 0 Å². The smallest absolute Gasteiger partial charge is 0.0110 e. The third-order valence-corrected chi connectivity index (χ3v) is 4.54. The van der Waals surface area contributed by atoms with Gasteiger partial charge in [0, 0.05) is 6.04 Å². The summed E-state index contributed by atoms with van der Waals surface area (Å²) in [6.45, 7) is 7.84. The van der Waals surface area contributed by atoms with Crippen molar-refractivity contribution in [2.45, 2.75) is 71.8 Å². The maximum Gasteiger partial charge on any atom is 0.0110 e. The zero-order valence-corrected chi connectivity index (χ0v) is 13.5. The molecule has 1 aromatic carbocycles. The van der Waals surface area contributed by atoms with Crippen LogP contribution < -0.4 is 5.32 Å². The van der Waals surface area contributed by atoms with Gasteiger partial charge in [-0.2, -0.15) is 0 Å². The fourth-order valence-electron chi connectivity index (χ4n) is 3.71. The maximum atomic E-state index is 3.78. The minimum Gasteiger partial charge on any atom is -0.314 e. The van der Waals surface area contributed by atoms with Crippen molar-refractivity contribution >= 4 is 0 Å². The third-order valence-electron chi connectivity index (χ3n) is 4.54. The summed E-state index contributed by atoms with van der Waals surface area (Å²) in [4.78, 5) is 0. The molecule has 112 valence electrons. The van der Waals surface area contributed by atoms with Crippen molar-refractivity contribution in [2.75, 3.05) is 6.54 Å². The second-order valence-corrected chi connectivity index (χ2v) is 6.74. The first kappa shape index (κ1) is 15.6. The molecule has 1 heteroatoms. The quantitative estimate of drug-likeness (QED) is 0.753. The highest BCUT2D eigenvalue weighted by Crippen LogP contribution is 2.29. The average molecular weight is 273 g/mol. The summed E-state index contributed by atoms with van der Waals surface area (Å²) in [5.74, 6) is 0.968. The van der Waals surface area contributed by atoms with Crippen LogP contribution in [0.2, 0.25) is 0 Å². The normalized spacial score (nSPS) is 17.6. The molecule has 1 atom stereocenters. The van der Waals surface area contributed by atoms with Crippen LogP contribution in [-0.4, -0.2) is 12.6 Å². The minimum absolute atomic E-state index is 0.666. The predicted molar refractivity (Wildman–Crippen MR) is 88.3 cm³/mol. The van der Waals surface area contributed by atoms with E-state index in [1.165, 1.54) is 61.6 Å². The molecular formula is C19H31N. The molecule has 0 spiro atoms. The van der Waals surface area contributed by atoms with Gasteiger partial charge in [-0.25, -0.2) is 0 Å². The van der Waals surface area contributed by atoms with Gasteiger partial charge in [0.25, 0.3) is 0 Å². The van der Waals surface area contributed by atoms with Crippen molar-refractivity contribution in [2.24, 2.45) is 5.92 Å². The number of benzene rings is 1. The summed E-state index contributed by atoms with van der Waals surface area (Å²) in [6.07, 6.45) is 9.61. The molecule has 20 heavy (non-hydrogen) atoms. The zero-order valence-electron chi connectivity index (χ0n) is 13.5. The van der Waals surface area contributed by atoms with Crippen molar-refractivity contribution in [3.63, 3.8) is 0 Å². The molecule has 0 heterocycles. The van der Waals surface area contributed by atoms with Gasteiger partial charge in [-0.3, -0.25) is 0 Å². The van der Waals surface area contributed by atoms with Crippen LogP contribution >= 0.6 is 0 Å². The van der Waals surface area contributed by atoms with E-state index >= 15 is 0 Å². The van der Waals surface area contributed by atoms with E-state index in [0.29, 0.717) is 6.04 Å². The van der Waals surface area contributed by atoms with E-state index in [1.807, 2.05) is 0 Å².